The second-order valence-corrected chi connectivity index (χ2v) is 4.46. The molecule has 0 radical (unpaired) electrons. The highest BCUT2D eigenvalue weighted by Gasteiger charge is 2.03. The fourth-order valence-electron chi connectivity index (χ4n) is 1.29. The molecule has 0 aliphatic carbocycles. The third-order valence-corrected chi connectivity index (χ3v) is 3.43. The van der Waals surface area contributed by atoms with Gasteiger partial charge in [-0.05, 0) is 23.4 Å². The summed E-state index contributed by atoms with van der Waals surface area (Å²) in [5.74, 6) is 0.655. The molecule has 0 unspecified atom stereocenters. The van der Waals surface area contributed by atoms with Gasteiger partial charge in [0.1, 0.15) is 0 Å². The number of thiophene rings is 1. The van der Waals surface area contributed by atoms with Crippen LogP contribution in [0.3, 0.4) is 0 Å². The van der Waals surface area contributed by atoms with Gasteiger partial charge in [0, 0.05) is 9.58 Å². The smallest absolute Gasteiger partial charge is 0.0345 e. The van der Waals surface area contributed by atoms with E-state index in [1.54, 1.807) is 0 Å². The molecule has 0 bridgehead atoms. The minimum atomic E-state index is 0.655. The molecule has 76 valence electrons. The summed E-state index contributed by atoms with van der Waals surface area (Å²) in [4.78, 5) is 1.48. The zero-order valence-electron chi connectivity index (χ0n) is 9.37. The van der Waals surface area contributed by atoms with Crippen LogP contribution in [-0.2, 0) is 0 Å². The van der Waals surface area contributed by atoms with Crippen LogP contribution in [0.15, 0.2) is 30.3 Å². The van der Waals surface area contributed by atoms with E-state index in [0.29, 0.717) is 5.92 Å². The molecule has 2 rings (SSSR count). The van der Waals surface area contributed by atoms with Crippen LogP contribution in [-0.4, -0.2) is 0 Å². The van der Waals surface area contributed by atoms with Crippen LogP contribution in [0.5, 0.6) is 0 Å². The Bertz CT molecular complexity index is 352. The van der Waals surface area contributed by atoms with Gasteiger partial charge in [-0.15, -0.1) is 11.3 Å². The molecule has 1 heterocycles. The maximum Gasteiger partial charge on any atom is 0.0345 e. The predicted molar refractivity (Wildman–Crippen MR) is 67.3 cm³/mol. The molecular weight excluding hydrogens is 188 g/mol. The lowest BCUT2D eigenvalue weighted by Gasteiger charge is -1.96. The first-order chi connectivity index (χ1) is 6.77. The van der Waals surface area contributed by atoms with Gasteiger partial charge < -0.3 is 0 Å². The van der Waals surface area contributed by atoms with Crippen molar-refractivity contribution in [1.29, 1.82) is 0 Å². The first kappa shape index (κ1) is 11.3. The van der Waals surface area contributed by atoms with Gasteiger partial charge in [-0.25, -0.2) is 0 Å². The monoisotopic (exact) mass is 206 g/mol. The zero-order chi connectivity index (χ0) is 10.6. The molecule has 0 aliphatic rings. The summed E-state index contributed by atoms with van der Waals surface area (Å²) in [5, 5.41) is 1.38. The Balaban J connectivity index is 0.000000461. The quantitative estimate of drug-likeness (QED) is 0.612. The van der Waals surface area contributed by atoms with Gasteiger partial charge in [-0.3, -0.25) is 0 Å². The van der Waals surface area contributed by atoms with Crippen LogP contribution in [0.2, 0.25) is 0 Å². The van der Waals surface area contributed by atoms with Crippen LogP contribution >= 0.6 is 11.3 Å². The van der Waals surface area contributed by atoms with E-state index in [4.69, 9.17) is 0 Å². The summed E-state index contributed by atoms with van der Waals surface area (Å²) >= 11 is 1.91. The van der Waals surface area contributed by atoms with E-state index >= 15 is 0 Å². The largest absolute Gasteiger partial charge is 0.140 e. The Kier molecular flexibility index (Phi) is 4.15. The fourth-order valence-corrected chi connectivity index (χ4v) is 2.35. The van der Waals surface area contributed by atoms with Gasteiger partial charge in [-0.2, -0.15) is 0 Å². The summed E-state index contributed by atoms with van der Waals surface area (Å²) in [7, 11) is 0. The number of hydrogen-bond acceptors (Lipinski definition) is 1. The maximum absolute atomic E-state index is 2.30. The van der Waals surface area contributed by atoms with Gasteiger partial charge >= 0.3 is 0 Å². The molecule has 0 saturated carbocycles. The molecule has 0 amide bonds. The number of fused-ring (bicyclic) bond motifs is 1. The Morgan fingerprint density at radius 1 is 1.07 bits per heavy atom. The van der Waals surface area contributed by atoms with E-state index < -0.39 is 0 Å². The SMILES string of the molecule is CC.CC(C)c1cc2ccccc2s1. The zero-order valence-corrected chi connectivity index (χ0v) is 10.2. The molecule has 0 spiro atoms. The highest BCUT2D eigenvalue weighted by molar-refractivity contribution is 7.19. The van der Waals surface area contributed by atoms with Crippen molar-refractivity contribution in [3.63, 3.8) is 0 Å². The molecule has 1 heteroatoms. The number of rotatable bonds is 1. The average Bonchev–Trinajstić information content (AvgIpc) is 2.64. The molecule has 1 aromatic carbocycles. The molecule has 0 fully saturated rings. The Morgan fingerprint density at radius 3 is 2.29 bits per heavy atom. The summed E-state index contributed by atoms with van der Waals surface area (Å²) in [6.07, 6.45) is 0. The minimum Gasteiger partial charge on any atom is -0.140 e. The molecule has 0 aliphatic heterocycles. The molecule has 2 aromatic rings. The van der Waals surface area contributed by atoms with Gasteiger partial charge in [0.05, 0.1) is 0 Å². The summed E-state index contributed by atoms with van der Waals surface area (Å²) in [5.41, 5.74) is 0. The number of benzene rings is 1. The van der Waals surface area contributed by atoms with Crippen molar-refractivity contribution in [2.45, 2.75) is 33.6 Å². The first-order valence-corrected chi connectivity index (χ1v) is 6.07. The lowest BCUT2D eigenvalue weighted by atomic mass is 10.1. The molecule has 1 aromatic heterocycles. The second kappa shape index (κ2) is 5.16. The van der Waals surface area contributed by atoms with Crippen molar-refractivity contribution >= 4 is 21.4 Å². The lowest BCUT2D eigenvalue weighted by molar-refractivity contribution is 0.890. The molecule has 14 heavy (non-hydrogen) atoms. The van der Waals surface area contributed by atoms with E-state index in [0.717, 1.165) is 0 Å². The Morgan fingerprint density at radius 2 is 1.71 bits per heavy atom. The first-order valence-electron chi connectivity index (χ1n) is 5.26. The maximum atomic E-state index is 2.30. The fraction of sp³-hybridized carbons (Fsp3) is 0.385. The van der Waals surface area contributed by atoms with Gasteiger partial charge in [0.25, 0.3) is 0 Å². The minimum absolute atomic E-state index is 0.655. The van der Waals surface area contributed by atoms with E-state index in [1.165, 1.54) is 15.0 Å². The van der Waals surface area contributed by atoms with Crippen LogP contribution in [0, 0.1) is 0 Å². The molecule has 0 nitrogen and oxygen atoms in total. The van der Waals surface area contributed by atoms with Crippen molar-refractivity contribution in [3.8, 4) is 0 Å². The van der Waals surface area contributed by atoms with Crippen LogP contribution in [0.1, 0.15) is 38.5 Å². The van der Waals surface area contributed by atoms with Crippen molar-refractivity contribution in [1.82, 2.24) is 0 Å². The topological polar surface area (TPSA) is 0 Å². The molecule has 0 saturated heterocycles. The average molecular weight is 206 g/mol. The second-order valence-electron chi connectivity index (χ2n) is 3.34. The normalized spacial score (nSPS) is 10.1. The highest BCUT2D eigenvalue weighted by atomic mass is 32.1. The van der Waals surface area contributed by atoms with Gasteiger partial charge in [-0.1, -0.05) is 45.9 Å². The molecular formula is C13H18S. The third-order valence-electron chi connectivity index (χ3n) is 2.01. The van der Waals surface area contributed by atoms with Crippen molar-refractivity contribution in [2.75, 3.05) is 0 Å². The van der Waals surface area contributed by atoms with E-state index in [-0.39, 0.29) is 0 Å². The Hall–Kier alpha value is -0.820. The summed E-state index contributed by atoms with van der Waals surface area (Å²) < 4.78 is 1.40. The summed E-state index contributed by atoms with van der Waals surface area (Å²) in [6, 6.07) is 10.9. The number of hydrogen-bond donors (Lipinski definition) is 0. The lowest BCUT2D eigenvalue weighted by Crippen LogP contribution is -1.77. The van der Waals surface area contributed by atoms with Crippen LogP contribution < -0.4 is 0 Å². The van der Waals surface area contributed by atoms with Crippen molar-refractivity contribution in [2.24, 2.45) is 0 Å². The third kappa shape index (κ3) is 2.36. The van der Waals surface area contributed by atoms with E-state index in [1.807, 2.05) is 25.2 Å². The van der Waals surface area contributed by atoms with Crippen molar-refractivity contribution < 1.29 is 0 Å². The molecule has 0 atom stereocenters. The van der Waals surface area contributed by atoms with Crippen LogP contribution in [0.4, 0.5) is 0 Å². The molecule has 0 N–H and O–H groups in total. The standard InChI is InChI=1S/C11H12S.C2H6/c1-8(2)11-7-9-5-3-4-6-10(9)12-11;1-2/h3-8H,1-2H3;1-2H3. The van der Waals surface area contributed by atoms with Gasteiger partial charge in [0.2, 0.25) is 0 Å². The van der Waals surface area contributed by atoms with E-state index in [2.05, 4.69) is 44.2 Å². The predicted octanol–water partition coefficient (Wildman–Crippen LogP) is 5.05. The van der Waals surface area contributed by atoms with Crippen molar-refractivity contribution in [3.05, 3.63) is 35.2 Å². The Labute approximate surface area is 90.6 Å². The summed E-state index contributed by atoms with van der Waals surface area (Å²) in [6.45, 7) is 8.48. The van der Waals surface area contributed by atoms with Crippen LogP contribution in [0.25, 0.3) is 10.1 Å². The highest BCUT2D eigenvalue weighted by Crippen LogP contribution is 2.29. The van der Waals surface area contributed by atoms with Gasteiger partial charge in [0.15, 0.2) is 0 Å². The van der Waals surface area contributed by atoms with E-state index in [9.17, 15) is 0 Å².